The van der Waals surface area contributed by atoms with Crippen molar-refractivity contribution in [3.8, 4) is 5.75 Å². The van der Waals surface area contributed by atoms with Crippen LogP contribution in [0.2, 0.25) is 0 Å². The highest BCUT2D eigenvalue weighted by Crippen LogP contribution is 2.35. The second-order valence-electron chi connectivity index (χ2n) is 8.86. The van der Waals surface area contributed by atoms with Crippen LogP contribution >= 0.6 is 0 Å². The average Bonchev–Trinajstić information content (AvgIpc) is 3.27. The summed E-state index contributed by atoms with van der Waals surface area (Å²) >= 11 is 0. The molecule has 158 valence electrons. The van der Waals surface area contributed by atoms with Crippen molar-refractivity contribution in [1.29, 1.82) is 0 Å². The number of carbonyl (C=O) groups is 1. The van der Waals surface area contributed by atoms with Gasteiger partial charge >= 0.3 is 0 Å². The minimum absolute atomic E-state index is 0.312. The molecule has 2 aromatic rings. The lowest BCUT2D eigenvalue weighted by Crippen LogP contribution is -2.43. The lowest BCUT2D eigenvalue weighted by molar-refractivity contribution is -0.135. The number of hydrogen-bond acceptors (Lipinski definition) is 2. The first kappa shape index (κ1) is 20.3. The Morgan fingerprint density at radius 3 is 2.41 bits per heavy atom. The maximum Gasteiger partial charge on any atom is 0.243 e. The Labute approximate surface area is 175 Å². The Kier molecular flexibility index (Phi) is 6.17. The Bertz CT molecular complexity index is 855. The molecule has 4 heteroatoms. The van der Waals surface area contributed by atoms with Crippen molar-refractivity contribution >= 4 is 16.8 Å². The molecule has 2 atom stereocenters. The number of ether oxygens (including phenoxy) is 1. The number of aryl methyl sites for hydroxylation is 1. The van der Waals surface area contributed by atoms with Gasteiger partial charge in [0.2, 0.25) is 5.91 Å². The van der Waals surface area contributed by atoms with Crippen LogP contribution in [-0.2, 0) is 24.2 Å². The number of nitrogens with zero attached hydrogens (tertiary/aromatic N) is 2. The highest BCUT2D eigenvalue weighted by atomic mass is 16.5. The molecule has 1 aliphatic carbocycles. The molecule has 0 radical (unpaired) electrons. The number of methoxy groups -OCH3 is 1. The van der Waals surface area contributed by atoms with Crippen molar-refractivity contribution in [2.75, 3.05) is 7.11 Å². The third-order valence-electron chi connectivity index (χ3n) is 7.03. The Balaban J connectivity index is 1.70. The van der Waals surface area contributed by atoms with Gasteiger partial charge in [0.05, 0.1) is 12.6 Å². The summed E-state index contributed by atoms with van der Waals surface area (Å²) in [5.41, 5.74) is 4.01. The number of aromatic nitrogens is 1. The molecule has 0 saturated carbocycles. The molecule has 1 saturated heterocycles. The van der Waals surface area contributed by atoms with Gasteiger partial charge < -0.3 is 14.2 Å². The Morgan fingerprint density at radius 1 is 1.07 bits per heavy atom. The molecule has 2 aliphatic rings. The van der Waals surface area contributed by atoms with E-state index in [0.29, 0.717) is 24.5 Å². The van der Waals surface area contributed by atoms with Gasteiger partial charge in [-0.2, -0.15) is 0 Å². The number of rotatable bonds is 7. The normalized spacial score (nSPS) is 21.6. The average molecular weight is 397 g/mol. The van der Waals surface area contributed by atoms with Gasteiger partial charge in [-0.15, -0.1) is 0 Å². The molecule has 0 spiro atoms. The largest absolute Gasteiger partial charge is 0.497 e. The van der Waals surface area contributed by atoms with Crippen LogP contribution in [0.4, 0.5) is 0 Å². The molecule has 29 heavy (non-hydrogen) atoms. The number of likely N-dealkylation sites (tertiary alicyclic amines) is 1. The topological polar surface area (TPSA) is 34.5 Å². The molecule has 1 aromatic heterocycles. The van der Waals surface area contributed by atoms with E-state index >= 15 is 0 Å². The number of fused-ring (bicyclic) bond motifs is 3. The van der Waals surface area contributed by atoms with Gasteiger partial charge in [-0.25, -0.2) is 0 Å². The molecular weight excluding hydrogens is 360 g/mol. The SMILES string of the molecule is CCC[C@H]1CC[C@H](CCC)N1C(=O)Cn1c2c(c3ccc(OC)cc31)CCCC2. The van der Waals surface area contributed by atoms with Crippen LogP contribution in [0.3, 0.4) is 0 Å². The Hall–Kier alpha value is -1.97. The number of carbonyl (C=O) groups excluding carboxylic acids is 1. The molecule has 1 aliphatic heterocycles. The van der Waals surface area contributed by atoms with Crippen molar-refractivity contribution in [3.05, 3.63) is 29.5 Å². The van der Waals surface area contributed by atoms with Crippen LogP contribution in [0.25, 0.3) is 10.9 Å². The maximum absolute atomic E-state index is 13.6. The van der Waals surface area contributed by atoms with Crippen molar-refractivity contribution in [2.45, 2.75) is 96.7 Å². The summed E-state index contributed by atoms with van der Waals surface area (Å²) in [5.74, 6) is 1.18. The molecule has 4 nitrogen and oxygen atoms in total. The first-order valence-electron chi connectivity index (χ1n) is 11.7. The van der Waals surface area contributed by atoms with E-state index in [1.165, 1.54) is 47.8 Å². The number of hydrogen-bond donors (Lipinski definition) is 0. The fourth-order valence-electron chi connectivity index (χ4n) is 5.74. The van der Waals surface area contributed by atoms with Gasteiger partial charge in [0.15, 0.2) is 0 Å². The van der Waals surface area contributed by atoms with Gasteiger partial charge in [-0.05, 0) is 69.1 Å². The summed E-state index contributed by atoms with van der Waals surface area (Å²) in [6.07, 6.45) is 11.6. The summed E-state index contributed by atoms with van der Waals surface area (Å²) in [4.78, 5) is 15.9. The van der Waals surface area contributed by atoms with Gasteiger partial charge in [0.25, 0.3) is 0 Å². The van der Waals surface area contributed by atoms with Crippen LogP contribution in [-0.4, -0.2) is 34.6 Å². The molecule has 0 bridgehead atoms. The van der Waals surface area contributed by atoms with Crippen molar-refractivity contribution < 1.29 is 9.53 Å². The third-order valence-corrected chi connectivity index (χ3v) is 7.03. The second-order valence-corrected chi connectivity index (χ2v) is 8.86. The predicted octanol–water partition coefficient (Wildman–Crippen LogP) is 5.49. The molecule has 1 aromatic carbocycles. The van der Waals surface area contributed by atoms with E-state index in [1.807, 2.05) is 0 Å². The zero-order valence-electron chi connectivity index (χ0n) is 18.4. The highest BCUT2D eigenvalue weighted by Gasteiger charge is 2.36. The number of amides is 1. The van der Waals surface area contributed by atoms with Crippen LogP contribution < -0.4 is 4.74 Å². The zero-order chi connectivity index (χ0) is 20.4. The molecule has 1 amide bonds. The monoisotopic (exact) mass is 396 g/mol. The molecule has 1 fully saturated rings. The fourth-order valence-corrected chi connectivity index (χ4v) is 5.74. The summed E-state index contributed by atoms with van der Waals surface area (Å²) in [7, 11) is 1.72. The molecule has 0 unspecified atom stereocenters. The summed E-state index contributed by atoms with van der Waals surface area (Å²) < 4.78 is 7.82. The lowest BCUT2D eigenvalue weighted by Gasteiger charge is -2.31. The van der Waals surface area contributed by atoms with Crippen molar-refractivity contribution in [3.63, 3.8) is 0 Å². The molecule has 2 heterocycles. The van der Waals surface area contributed by atoms with Crippen LogP contribution in [0, 0.1) is 0 Å². The standard InChI is InChI=1S/C25H36N2O2/c1-4-8-18-12-13-19(9-5-2)27(18)25(28)17-26-23-11-7-6-10-21(23)22-15-14-20(29-3)16-24(22)26/h14-16,18-19H,4-13,17H2,1-3H3/t18-,19-/m0/s1. The smallest absolute Gasteiger partial charge is 0.243 e. The van der Waals surface area contributed by atoms with Crippen molar-refractivity contribution in [1.82, 2.24) is 9.47 Å². The predicted molar refractivity (Wildman–Crippen MR) is 119 cm³/mol. The highest BCUT2D eigenvalue weighted by molar-refractivity contribution is 5.89. The maximum atomic E-state index is 13.6. The number of benzene rings is 1. The van der Waals surface area contributed by atoms with E-state index in [-0.39, 0.29) is 0 Å². The minimum atomic E-state index is 0.312. The van der Waals surface area contributed by atoms with E-state index < -0.39 is 0 Å². The van der Waals surface area contributed by atoms with Gasteiger partial charge in [0.1, 0.15) is 12.3 Å². The lowest BCUT2D eigenvalue weighted by atomic mass is 9.95. The van der Waals surface area contributed by atoms with Crippen LogP contribution in [0.5, 0.6) is 5.75 Å². The van der Waals surface area contributed by atoms with E-state index in [2.05, 4.69) is 41.5 Å². The summed E-state index contributed by atoms with van der Waals surface area (Å²) in [6, 6.07) is 7.22. The summed E-state index contributed by atoms with van der Waals surface area (Å²) in [6.45, 7) is 4.94. The molecule has 4 rings (SSSR count). The quantitative estimate of drug-likeness (QED) is 0.620. The van der Waals surface area contributed by atoms with E-state index in [0.717, 1.165) is 44.3 Å². The summed E-state index contributed by atoms with van der Waals surface area (Å²) in [5, 5.41) is 1.31. The van der Waals surface area contributed by atoms with Gasteiger partial charge in [-0.3, -0.25) is 4.79 Å². The first-order valence-corrected chi connectivity index (χ1v) is 11.7. The van der Waals surface area contributed by atoms with E-state index in [9.17, 15) is 4.79 Å². The molecular formula is C25H36N2O2. The van der Waals surface area contributed by atoms with Crippen LogP contribution in [0.1, 0.15) is 76.5 Å². The van der Waals surface area contributed by atoms with Crippen LogP contribution in [0.15, 0.2) is 18.2 Å². The second kappa shape index (κ2) is 8.81. The first-order chi connectivity index (χ1) is 14.2. The fraction of sp³-hybridized carbons (Fsp3) is 0.640. The Morgan fingerprint density at radius 2 is 1.76 bits per heavy atom. The third kappa shape index (κ3) is 3.78. The zero-order valence-corrected chi connectivity index (χ0v) is 18.4. The molecule has 0 N–H and O–H groups in total. The van der Waals surface area contributed by atoms with Gasteiger partial charge in [0, 0.05) is 29.2 Å². The van der Waals surface area contributed by atoms with Crippen molar-refractivity contribution in [2.24, 2.45) is 0 Å². The van der Waals surface area contributed by atoms with Gasteiger partial charge in [-0.1, -0.05) is 26.7 Å². The van der Waals surface area contributed by atoms with E-state index in [1.54, 1.807) is 7.11 Å². The van der Waals surface area contributed by atoms with E-state index in [4.69, 9.17) is 4.74 Å². The minimum Gasteiger partial charge on any atom is -0.497 e.